The van der Waals surface area contributed by atoms with E-state index >= 15 is 0 Å². The number of ketones is 1. The Bertz CT molecular complexity index is 376. The Hall–Kier alpha value is -1.55. The summed E-state index contributed by atoms with van der Waals surface area (Å²) in [4.78, 5) is 21.9. The molecule has 0 aliphatic rings. The maximum Gasteiger partial charge on any atom is 0.319 e. The van der Waals surface area contributed by atoms with Crippen LogP contribution in [0.1, 0.15) is 13.3 Å². The molecular weight excluding hydrogens is 228 g/mol. The Morgan fingerprint density at radius 3 is 2.44 bits per heavy atom. The molecule has 0 fully saturated rings. The van der Waals surface area contributed by atoms with Crippen LogP contribution in [0.3, 0.4) is 0 Å². The molecule has 1 rings (SSSR count). The van der Waals surface area contributed by atoms with Gasteiger partial charge in [0.15, 0.2) is 0 Å². The van der Waals surface area contributed by atoms with Crippen molar-refractivity contribution in [2.24, 2.45) is 0 Å². The van der Waals surface area contributed by atoms with Crippen LogP contribution in [0.2, 0.25) is 5.02 Å². The van der Waals surface area contributed by atoms with Crippen LogP contribution in [0, 0.1) is 0 Å². The van der Waals surface area contributed by atoms with Crippen molar-refractivity contribution in [2.45, 2.75) is 13.3 Å². The first-order chi connectivity index (χ1) is 7.58. The molecule has 86 valence electrons. The minimum atomic E-state index is -0.330. The Morgan fingerprint density at radius 2 is 1.88 bits per heavy atom. The normalized spacial score (nSPS) is 9.62. The van der Waals surface area contributed by atoms with Gasteiger partial charge >= 0.3 is 6.03 Å². The van der Waals surface area contributed by atoms with Gasteiger partial charge in [0.1, 0.15) is 5.78 Å². The van der Waals surface area contributed by atoms with Gasteiger partial charge in [0.2, 0.25) is 0 Å². The zero-order valence-corrected chi connectivity index (χ0v) is 9.67. The number of hydrogen-bond donors (Lipinski definition) is 2. The zero-order chi connectivity index (χ0) is 12.0. The van der Waals surface area contributed by atoms with Crippen molar-refractivity contribution in [2.75, 3.05) is 11.9 Å². The minimum Gasteiger partial charge on any atom is -0.337 e. The summed E-state index contributed by atoms with van der Waals surface area (Å²) >= 11 is 5.70. The Kier molecular flexibility index (Phi) is 4.79. The molecule has 2 amide bonds. The molecule has 4 nitrogen and oxygen atoms in total. The summed E-state index contributed by atoms with van der Waals surface area (Å²) in [7, 11) is 0. The monoisotopic (exact) mass is 240 g/mol. The summed E-state index contributed by atoms with van der Waals surface area (Å²) in [5.41, 5.74) is 0.657. The fourth-order valence-electron chi connectivity index (χ4n) is 1.06. The second-order valence-electron chi connectivity index (χ2n) is 3.34. The van der Waals surface area contributed by atoms with Crippen molar-refractivity contribution < 1.29 is 9.59 Å². The van der Waals surface area contributed by atoms with Gasteiger partial charge in [0.25, 0.3) is 0 Å². The van der Waals surface area contributed by atoms with Crippen molar-refractivity contribution in [3.05, 3.63) is 29.3 Å². The number of amides is 2. The summed E-state index contributed by atoms with van der Waals surface area (Å²) in [6.07, 6.45) is 0.341. The lowest BCUT2D eigenvalue weighted by molar-refractivity contribution is -0.116. The number of anilines is 1. The van der Waals surface area contributed by atoms with E-state index in [1.807, 2.05) is 0 Å². The maximum absolute atomic E-state index is 11.3. The number of rotatable bonds is 4. The molecule has 0 unspecified atom stereocenters. The van der Waals surface area contributed by atoms with Crippen LogP contribution in [0.4, 0.5) is 10.5 Å². The molecule has 0 atom stereocenters. The number of urea groups is 1. The first-order valence-electron chi connectivity index (χ1n) is 4.88. The van der Waals surface area contributed by atoms with E-state index in [0.717, 1.165) is 0 Å². The smallest absolute Gasteiger partial charge is 0.319 e. The highest BCUT2D eigenvalue weighted by Gasteiger charge is 2.01. The van der Waals surface area contributed by atoms with E-state index in [9.17, 15) is 9.59 Å². The standard InChI is InChI=1S/C11H13ClN2O2/c1-8(15)6-7-13-11(16)14-10-4-2-9(12)3-5-10/h2-5H,6-7H2,1H3,(H2,13,14,16). The van der Waals surface area contributed by atoms with Gasteiger partial charge in [0.05, 0.1) is 0 Å². The van der Waals surface area contributed by atoms with Crippen LogP contribution in [0.15, 0.2) is 24.3 Å². The second-order valence-corrected chi connectivity index (χ2v) is 3.78. The molecule has 0 aliphatic carbocycles. The summed E-state index contributed by atoms with van der Waals surface area (Å²) in [5.74, 6) is 0.0480. The molecular formula is C11H13ClN2O2. The molecule has 0 aromatic heterocycles. The molecule has 0 heterocycles. The van der Waals surface area contributed by atoms with Crippen LogP contribution in [0.5, 0.6) is 0 Å². The maximum atomic E-state index is 11.3. The van der Waals surface area contributed by atoms with Gasteiger partial charge in [-0.25, -0.2) is 4.79 Å². The van der Waals surface area contributed by atoms with Crippen molar-refractivity contribution in [1.29, 1.82) is 0 Å². The van der Waals surface area contributed by atoms with E-state index in [1.54, 1.807) is 24.3 Å². The lowest BCUT2D eigenvalue weighted by Gasteiger charge is -2.06. The molecule has 0 bridgehead atoms. The quantitative estimate of drug-likeness (QED) is 0.849. The predicted octanol–water partition coefficient (Wildman–Crippen LogP) is 2.44. The molecule has 1 aromatic rings. The van der Waals surface area contributed by atoms with E-state index in [2.05, 4.69) is 10.6 Å². The number of nitrogens with one attached hydrogen (secondary N) is 2. The van der Waals surface area contributed by atoms with Gasteiger partial charge < -0.3 is 10.6 Å². The van der Waals surface area contributed by atoms with Crippen molar-refractivity contribution in [3.8, 4) is 0 Å². The summed E-state index contributed by atoms with van der Waals surface area (Å²) in [6.45, 7) is 1.83. The first kappa shape index (κ1) is 12.5. The number of carbonyl (C=O) groups is 2. The van der Waals surface area contributed by atoms with Gasteiger partial charge in [0, 0.05) is 23.7 Å². The van der Waals surface area contributed by atoms with Crippen LogP contribution < -0.4 is 10.6 Å². The van der Waals surface area contributed by atoms with E-state index in [-0.39, 0.29) is 11.8 Å². The van der Waals surface area contributed by atoms with Gasteiger partial charge in [-0.05, 0) is 31.2 Å². The average Bonchev–Trinajstić information content (AvgIpc) is 2.21. The highest BCUT2D eigenvalue weighted by molar-refractivity contribution is 6.30. The van der Waals surface area contributed by atoms with Gasteiger partial charge in [-0.1, -0.05) is 11.6 Å². The summed E-state index contributed by atoms with van der Waals surface area (Å²) in [6, 6.07) is 6.45. The van der Waals surface area contributed by atoms with Crippen LogP contribution in [-0.2, 0) is 4.79 Å². The third-order valence-electron chi connectivity index (χ3n) is 1.86. The van der Waals surface area contributed by atoms with E-state index in [1.165, 1.54) is 6.92 Å². The predicted molar refractivity (Wildman–Crippen MR) is 63.8 cm³/mol. The van der Waals surface area contributed by atoms with Gasteiger partial charge in [-0.3, -0.25) is 4.79 Å². The molecule has 2 N–H and O–H groups in total. The molecule has 0 aliphatic heterocycles. The lowest BCUT2D eigenvalue weighted by atomic mass is 10.3. The summed E-state index contributed by atoms with van der Waals surface area (Å²) < 4.78 is 0. The fraction of sp³-hybridized carbons (Fsp3) is 0.273. The Balaban J connectivity index is 2.34. The molecule has 5 heteroatoms. The third kappa shape index (κ3) is 4.79. The molecule has 16 heavy (non-hydrogen) atoms. The molecule has 0 saturated carbocycles. The van der Waals surface area contributed by atoms with Crippen LogP contribution >= 0.6 is 11.6 Å². The van der Waals surface area contributed by atoms with Crippen molar-refractivity contribution in [1.82, 2.24) is 5.32 Å². The molecule has 1 aromatic carbocycles. The average molecular weight is 241 g/mol. The highest BCUT2D eigenvalue weighted by Crippen LogP contribution is 2.12. The Morgan fingerprint density at radius 1 is 1.25 bits per heavy atom. The van der Waals surface area contributed by atoms with Gasteiger partial charge in [-0.15, -0.1) is 0 Å². The minimum absolute atomic E-state index is 0.0480. The van der Waals surface area contributed by atoms with Crippen molar-refractivity contribution in [3.63, 3.8) is 0 Å². The lowest BCUT2D eigenvalue weighted by Crippen LogP contribution is -2.30. The number of Topliss-reactive ketones (excluding diaryl/α,β-unsaturated/α-hetero) is 1. The fourth-order valence-corrected chi connectivity index (χ4v) is 1.19. The van der Waals surface area contributed by atoms with Crippen molar-refractivity contribution >= 4 is 29.1 Å². The second kappa shape index (κ2) is 6.12. The first-order valence-corrected chi connectivity index (χ1v) is 5.25. The third-order valence-corrected chi connectivity index (χ3v) is 2.12. The number of benzene rings is 1. The molecule has 0 saturated heterocycles. The van der Waals surface area contributed by atoms with Crippen LogP contribution in [-0.4, -0.2) is 18.4 Å². The number of hydrogen-bond acceptors (Lipinski definition) is 2. The Labute approximate surface area is 99.0 Å². The van der Waals surface area contributed by atoms with Gasteiger partial charge in [-0.2, -0.15) is 0 Å². The topological polar surface area (TPSA) is 58.2 Å². The largest absolute Gasteiger partial charge is 0.337 e. The number of halogens is 1. The van der Waals surface area contributed by atoms with Crippen LogP contribution in [0.25, 0.3) is 0 Å². The highest BCUT2D eigenvalue weighted by atomic mass is 35.5. The SMILES string of the molecule is CC(=O)CCNC(=O)Nc1ccc(Cl)cc1. The van der Waals surface area contributed by atoms with E-state index in [0.29, 0.717) is 23.7 Å². The zero-order valence-electron chi connectivity index (χ0n) is 8.92. The van der Waals surface area contributed by atoms with E-state index in [4.69, 9.17) is 11.6 Å². The van der Waals surface area contributed by atoms with E-state index < -0.39 is 0 Å². The summed E-state index contributed by atoms with van der Waals surface area (Å²) in [5, 5.41) is 5.81. The molecule has 0 radical (unpaired) electrons. The molecule has 0 spiro atoms. The number of carbonyl (C=O) groups excluding carboxylic acids is 2.